The maximum Gasteiger partial charge on any atom is 0.357 e. The second-order valence-corrected chi connectivity index (χ2v) is 5.50. The Kier molecular flexibility index (Phi) is 5.23. The van der Waals surface area contributed by atoms with Crippen molar-refractivity contribution in [3.63, 3.8) is 0 Å². The number of carbonyl (C=O) groups excluding carboxylic acids is 1. The number of rotatable bonds is 4. The molecule has 23 heavy (non-hydrogen) atoms. The zero-order valence-corrected chi connectivity index (χ0v) is 13.9. The molecule has 0 bridgehead atoms. The summed E-state index contributed by atoms with van der Waals surface area (Å²) in [4.78, 5) is 24.3. The van der Waals surface area contributed by atoms with E-state index in [-0.39, 0.29) is 16.4 Å². The Hall–Kier alpha value is -2.54. The van der Waals surface area contributed by atoms with E-state index in [1.54, 1.807) is 30.5 Å². The predicted octanol–water partition coefficient (Wildman–Crippen LogP) is 2.64. The Morgan fingerprint density at radius 3 is 2.52 bits per heavy atom. The molecule has 0 aliphatic rings. The SMILES string of the molecule is COC(=O)c1cc(=O)n(-c2ccccc2)c(=S)n1/N=C/C(C)C. The Balaban J connectivity index is 2.78. The van der Waals surface area contributed by atoms with E-state index in [0.717, 1.165) is 0 Å². The number of hydrogen-bond acceptors (Lipinski definition) is 5. The predicted molar refractivity (Wildman–Crippen MR) is 90.9 cm³/mol. The molecule has 0 unspecified atom stereocenters. The molecule has 0 N–H and O–H groups in total. The van der Waals surface area contributed by atoms with E-state index in [0.29, 0.717) is 5.69 Å². The highest BCUT2D eigenvalue weighted by atomic mass is 32.1. The fourth-order valence-electron chi connectivity index (χ4n) is 1.91. The number of esters is 1. The maximum atomic E-state index is 12.4. The van der Waals surface area contributed by atoms with Gasteiger partial charge in [0.15, 0.2) is 5.69 Å². The lowest BCUT2D eigenvalue weighted by Gasteiger charge is -2.12. The van der Waals surface area contributed by atoms with Gasteiger partial charge in [0, 0.05) is 12.3 Å². The van der Waals surface area contributed by atoms with Crippen molar-refractivity contribution < 1.29 is 9.53 Å². The van der Waals surface area contributed by atoms with Crippen LogP contribution in [0.4, 0.5) is 0 Å². The molecular weight excluding hydrogens is 314 g/mol. The monoisotopic (exact) mass is 331 g/mol. The van der Waals surface area contributed by atoms with Gasteiger partial charge in [-0.15, -0.1) is 0 Å². The molecule has 0 saturated carbocycles. The van der Waals surface area contributed by atoms with Crippen LogP contribution in [0.3, 0.4) is 0 Å². The van der Waals surface area contributed by atoms with Gasteiger partial charge in [0.2, 0.25) is 4.77 Å². The molecule has 0 spiro atoms. The summed E-state index contributed by atoms with van der Waals surface area (Å²) in [7, 11) is 1.24. The Morgan fingerprint density at radius 1 is 1.30 bits per heavy atom. The molecule has 2 aromatic rings. The van der Waals surface area contributed by atoms with Crippen LogP contribution in [-0.4, -0.2) is 28.5 Å². The zero-order chi connectivity index (χ0) is 17.0. The summed E-state index contributed by atoms with van der Waals surface area (Å²) in [6.07, 6.45) is 1.64. The van der Waals surface area contributed by atoms with Gasteiger partial charge in [0.05, 0.1) is 12.8 Å². The third-order valence-corrected chi connectivity index (χ3v) is 3.33. The van der Waals surface area contributed by atoms with Gasteiger partial charge < -0.3 is 4.74 Å². The molecule has 0 aliphatic heterocycles. The zero-order valence-electron chi connectivity index (χ0n) is 13.1. The number of aromatic nitrogens is 2. The van der Waals surface area contributed by atoms with Crippen molar-refractivity contribution in [2.45, 2.75) is 13.8 Å². The number of para-hydroxylation sites is 1. The fraction of sp³-hybridized carbons (Fsp3) is 0.250. The normalized spacial score (nSPS) is 11.1. The van der Waals surface area contributed by atoms with E-state index in [1.807, 2.05) is 19.9 Å². The van der Waals surface area contributed by atoms with E-state index in [9.17, 15) is 9.59 Å². The topological polar surface area (TPSA) is 65.6 Å². The average Bonchev–Trinajstić information content (AvgIpc) is 2.53. The molecular formula is C16H17N3O3S. The molecule has 1 aromatic heterocycles. The number of methoxy groups -OCH3 is 1. The van der Waals surface area contributed by atoms with E-state index < -0.39 is 11.5 Å². The number of ether oxygens (including phenoxy) is 1. The average molecular weight is 331 g/mol. The smallest absolute Gasteiger partial charge is 0.357 e. The highest BCUT2D eigenvalue weighted by Gasteiger charge is 2.16. The number of benzene rings is 1. The van der Waals surface area contributed by atoms with E-state index >= 15 is 0 Å². The maximum absolute atomic E-state index is 12.4. The molecule has 0 aliphatic carbocycles. The van der Waals surface area contributed by atoms with Crippen LogP contribution in [0.2, 0.25) is 0 Å². The lowest BCUT2D eigenvalue weighted by molar-refractivity contribution is 0.0587. The van der Waals surface area contributed by atoms with Crippen molar-refractivity contribution in [2.75, 3.05) is 7.11 Å². The third kappa shape index (κ3) is 3.62. The second kappa shape index (κ2) is 7.15. The van der Waals surface area contributed by atoms with Gasteiger partial charge in [-0.2, -0.15) is 9.78 Å². The minimum Gasteiger partial charge on any atom is -0.464 e. The first-order valence-electron chi connectivity index (χ1n) is 7.03. The minimum atomic E-state index is -0.672. The Labute approximate surface area is 138 Å². The lowest BCUT2D eigenvalue weighted by atomic mass is 10.3. The quantitative estimate of drug-likeness (QED) is 0.491. The first kappa shape index (κ1) is 16.8. The van der Waals surface area contributed by atoms with Crippen LogP contribution in [0.15, 0.2) is 46.3 Å². The molecule has 0 radical (unpaired) electrons. The van der Waals surface area contributed by atoms with Crippen LogP contribution < -0.4 is 5.56 Å². The van der Waals surface area contributed by atoms with Gasteiger partial charge in [0.1, 0.15) is 0 Å². The van der Waals surface area contributed by atoms with E-state index in [4.69, 9.17) is 17.0 Å². The molecule has 120 valence electrons. The first-order chi connectivity index (χ1) is 11.0. The van der Waals surface area contributed by atoms with Crippen molar-refractivity contribution >= 4 is 24.4 Å². The van der Waals surface area contributed by atoms with Gasteiger partial charge in [-0.1, -0.05) is 32.0 Å². The molecule has 7 heteroatoms. The molecule has 2 rings (SSSR count). The standard InChI is InChI=1S/C16H17N3O3S/c1-11(2)10-17-19-13(15(21)22-3)9-14(20)18(16(19)23)12-7-5-4-6-8-12/h4-11H,1-3H3/b17-10+. The summed E-state index contributed by atoms with van der Waals surface area (Å²) in [5.74, 6) is -0.520. The summed E-state index contributed by atoms with van der Waals surface area (Å²) < 4.78 is 7.37. The van der Waals surface area contributed by atoms with Crippen LogP contribution in [0.25, 0.3) is 5.69 Å². The van der Waals surface area contributed by atoms with Crippen LogP contribution >= 0.6 is 12.2 Å². The van der Waals surface area contributed by atoms with Crippen molar-refractivity contribution in [2.24, 2.45) is 11.0 Å². The summed E-state index contributed by atoms with van der Waals surface area (Å²) in [6.45, 7) is 3.89. The Morgan fingerprint density at radius 2 is 1.96 bits per heavy atom. The summed E-state index contributed by atoms with van der Waals surface area (Å²) >= 11 is 5.37. The number of nitrogens with zero attached hydrogens (tertiary/aromatic N) is 3. The van der Waals surface area contributed by atoms with Gasteiger partial charge in [0.25, 0.3) is 5.56 Å². The van der Waals surface area contributed by atoms with Crippen LogP contribution in [0, 0.1) is 10.7 Å². The van der Waals surface area contributed by atoms with Crippen molar-refractivity contribution in [1.82, 2.24) is 9.24 Å². The number of hydrogen-bond donors (Lipinski definition) is 0. The van der Waals surface area contributed by atoms with Gasteiger partial charge >= 0.3 is 5.97 Å². The molecule has 0 fully saturated rings. The van der Waals surface area contributed by atoms with E-state index in [1.165, 1.54) is 22.4 Å². The number of carbonyl (C=O) groups is 1. The molecule has 0 atom stereocenters. The molecule has 0 amide bonds. The second-order valence-electron chi connectivity index (χ2n) is 5.13. The lowest BCUT2D eigenvalue weighted by Crippen LogP contribution is -2.26. The minimum absolute atomic E-state index is 0.00780. The van der Waals surface area contributed by atoms with Crippen LogP contribution in [0.5, 0.6) is 0 Å². The van der Waals surface area contributed by atoms with Gasteiger partial charge in [-0.3, -0.25) is 9.36 Å². The first-order valence-corrected chi connectivity index (χ1v) is 7.44. The molecule has 0 saturated heterocycles. The molecule has 6 nitrogen and oxygen atoms in total. The van der Waals surface area contributed by atoms with Crippen molar-refractivity contribution in [1.29, 1.82) is 0 Å². The highest BCUT2D eigenvalue weighted by molar-refractivity contribution is 7.71. The van der Waals surface area contributed by atoms with Crippen LogP contribution in [0.1, 0.15) is 24.3 Å². The Bertz CT molecular complexity index is 851. The van der Waals surface area contributed by atoms with Gasteiger partial charge in [-0.25, -0.2) is 4.79 Å². The summed E-state index contributed by atoms with van der Waals surface area (Å²) in [5.41, 5.74) is 0.177. The van der Waals surface area contributed by atoms with Crippen molar-refractivity contribution in [3.8, 4) is 5.69 Å². The van der Waals surface area contributed by atoms with E-state index in [2.05, 4.69) is 5.10 Å². The van der Waals surface area contributed by atoms with Gasteiger partial charge in [-0.05, 0) is 30.3 Å². The van der Waals surface area contributed by atoms with Crippen LogP contribution in [-0.2, 0) is 4.74 Å². The molecule has 1 aromatic carbocycles. The van der Waals surface area contributed by atoms with Crippen molar-refractivity contribution in [3.05, 3.63) is 57.2 Å². The molecule has 1 heterocycles. The highest BCUT2D eigenvalue weighted by Crippen LogP contribution is 2.09. The summed E-state index contributed by atoms with van der Waals surface area (Å²) in [5, 5.41) is 4.23. The largest absolute Gasteiger partial charge is 0.464 e. The fourth-order valence-corrected chi connectivity index (χ4v) is 2.25. The third-order valence-electron chi connectivity index (χ3n) is 2.97. The summed E-state index contributed by atoms with van der Waals surface area (Å²) in [6, 6.07) is 10.1.